The molecule has 0 saturated carbocycles. The van der Waals surface area contributed by atoms with E-state index in [2.05, 4.69) is 15.5 Å². The highest BCUT2D eigenvalue weighted by Gasteiger charge is 2.00. The number of aryl methyl sites for hydroxylation is 1. The Labute approximate surface area is 86.1 Å². The first-order valence-electron chi connectivity index (χ1n) is 4.51. The lowest BCUT2D eigenvalue weighted by Gasteiger charge is -2.02. The second kappa shape index (κ2) is 4.08. The lowest BCUT2D eigenvalue weighted by molar-refractivity contribution is 0.384. The summed E-state index contributed by atoms with van der Waals surface area (Å²) in [7, 11) is 0. The van der Waals surface area contributed by atoms with Gasteiger partial charge < -0.3 is 9.84 Å². The number of halogens is 1. The molecule has 0 spiro atoms. The van der Waals surface area contributed by atoms with Gasteiger partial charge in [-0.1, -0.05) is 5.16 Å². The molecule has 0 unspecified atom stereocenters. The SMILES string of the molecule is Cc1cc(CNc2ccnc(F)c2)on1. The van der Waals surface area contributed by atoms with Crippen molar-refractivity contribution in [2.24, 2.45) is 0 Å². The first-order valence-corrected chi connectivity index (χ1v) is 4.51. The van der Waals surface area contributed by atoms with Gasteiger partial charge in [0.2, 0.25) is 5.95 Å². The van der Waals surface area contributed by atoms with Gasteiger partial charge in [-0.25, -0.2) is 4.98 Å². The molecule has 0 aliphatic heterocycles. The molecule has 15 heavy (non-hydrogen) atoms. The summed E-state index contributed by atoms with van der Waals surface area (Å²) in [5.74, 6) is 0.207. The fourth-order valence-electron chi connectivity index (χ4n) is 1.20. The molecule has 4 nitrogen and oxygen atoms in total. The van der Waals surface area contributed by atoms with Gasteiger partial charge in [0.15, 0.2) is 5.76 Å². The van der Waals surface area contributed by atoms with Gasteiger partial charge >= 0.3 is 0 Å². The van der Waals surface area contributed by atoms with Crippen molar-refractivity contribution in [3.8, 4) is 0 Å². The Bertz CT molecular complexity index is 455. The van der Waals surface area contributed by atoms with Crippen LogP contribution in [-0.4, -0.2) is 10.1 Å². The van der Waals surface area contributed by atoms with Crippen molar-refractivity contribution >= 4 is 5.69 Å². The summed E-state index contributed by atoms with van der Waals surface area (Å²) in [6, 6.07) is 4.83. The van der Waals surface area contributed by atoms with Gasteiger partial charge in [-0.3, -0.25) is 0 Å². The zero-order valence-electron chi connectivity index (χ0n) is 8.20. The number of nitrogens with zero attached hydrogens (tertiary/aromatic N) is 2. The molecular formula is C10H10FN3O. The molecule has 0 fully saturated rings. The van der Waals surface area contributed by atoms with Crippen LogP contribution < -0.4 is 5.32 Å². The fourth-order valence-corrected chi connectivity index (χ4v) is 1.20. The molecule has 0 saturated heterocycles. The molecule has 0 aliphatic rings. The van der Waals surface area contributed by atoms with Crippen LogP contribution in [0.25, 0.3) is 0 Å². The van der Waals surface area contributed by atoms with E-state index in [1.165, 1.54) is 12.3 Å². The molecule has 0 amide bonds. The highest BCUT2D eigenvalue weighted by molar-refractivity contribution is 5.41. The quantitative estimate of drug-likeness (QED) is 0.783. The molecule has 0 atom stereocenters. The molecule has 2 rings (SSSR count). The van der Waals surface area contributed by atoms with Crippen molar-refractivity contribution in [3.63, 3.8) is 0 Å². The van der Waals surface area contributed by atoms with Gasteiger partial charge in [0.25, 0.3) is 0 Å². The first kappa shape index (κ1) is 9.64. The second-order valence-corrected chi connectivity index (χ2v) is 3.16. The highest BCUT2D eigenvalue weighted by Crippen LogP contribution is 2.09. The zero-order chi connectivity index (χ0) is 10.7. The normalized spacial score (nSPS) is 10.3. The maximum Gasteiger partial charge on any atom is 0.214 e. The van der Waals surface area contributed by atoms with E-state index in [1.807, 2.05) is 13.0 Å². The molecule has 78 valence electrons. The largest absolute Gasteiger partial charge is 0.378 e. The van der Waals surface area contributed by atoms with Gasteiger partial charge in [0, 0.05) is 24.0 Å². The van der Waals surface area contributed by atoms with Crippen LogP contribution in [0.1, 0.15) is 11.5 Å². The lowest BCUT2D eigenvalue weighted by atomic mass is 10.3. The van der Waals surface area contributed by atoms with Crippen LogP contribution in [0.15, 0.2) is 28.9 Å². The van der Waals surface area contributed by atoms with Crippen LogP contribution in [0.2, 0.25) is 0 Å². The number of anilines is 1. The Morgan fingerprint density at radius 3 is 3.00 bits per heavy atom. The molecule has 0 radical (unpaired) electrons. The number of hydrogen-bond donors (Lipinski definition) is 1. The summed E-state index contributed by atoms with van der Waals surface area (Å²) < 4.78 is 17.7. The Morgan fingerprint density at radius 2 is 2.33 bits per heavy atom. The van der Waals surface area contributed by atoms with Gasteiger partial charge in [0.05, 0.1) is 12.2 Å². The summed E-state index contributed by atoms with van der Waals surface area (Å²) in [5, 5.41) is 6.75. The fraction of sp³-hybridized carbons (Fsp3) is 0.200. The van der Waals surface area contributed by atoms with Crippen LogP contribution in [-0.2, 0) is 6.54 Å². The predicted molar refractivity (Wildman–Crippen MR) is 52.8 cm³/mol. The molecule has 5 heteroatoms. The summed E-state index contributed by atoms with van der Waals surface area (Å²) in [6.45, 7) is 2.32. The number of hydrogen-bond acceptors (Lipinski definition) is 4. The van der Waals surface area contributed by atoms with E-state index in [0.717, 1.165) is 5.69 Å². The average molecular weight is 207 g/mol. The van der Waals surface area contributed by atoms with Gasteiger partial charge in [-0.15, -0.1) is 0 Å². The molecule has 0 bridgehead atoms. The summed E-state index contributed by atoms with van der Waals surface area (Å²) in [5.41, 5.74) is 1.49. The van der Waals surface area contributed by atoms with Crippen LogP contribution >= 0.6 is 0 Å². The van der Waals surface area contributed by atoms with Crippen LogP contribution in [0.5, 0.6) is 0 Å². The van der Waals surface area contributed by atoms with E-state index < -0.39 is 5.95 Å². The van der Waals surface area contributed by atoms with Crippen molar-refractivity contribution in [1.29, 1.82) is 0 Å². The molecule has 0 aliphatic carbocycles. The molecule has 2 aromatic rings. The molecule has 2 aromatic heterocycles. The van der Waals surface area contributed by atoms with Gasteiger partial charge in [-0.05, 0) is 13.0 Å². The third kappa shape index (κ3) is 2.52. The van der Waals surface area contributed by atoms with Crippen LogP contribution in [0, 0.1) is 12.9 Å². The first-order chi connectivity index (χ1) is 7.24. The standard InChI is InChI=1S/C10H10FN3O/c1-7-4-9(15-14-7)6-13-8-2-3-12-10(11)5-8/h2-5H,6H2,1H3,(H,12,13). The van der Waals surface area contributed by atoms with E-state index in [4.69, 9.17) is 4.52 Å². The summed E-state index contributed by atoms with van der Waals surface area (Å²) in [6.07, 6.45) is 1.41. The highest BCUT2D eigenvalue weighted by atomic mass is 19.1. The molecular weight excluding hydrogens is 197 g/mol. The number of pyridine rings is 1. The third-order valence-corrected chi connectivity index (χ3v) is 1.87. The minimum Gasteiger partial charge on any atom is -0.378 e. The van der Waals surface area contributed by atoms with E-state index in [9.17, 15) is 4.39 Å². The van der Waals surface area contributed by atoms with E-state index in [-0.39, 0.29) is 0 Å². The minimum absolute atomic E-state index is 0.476. The van der Waals surface area contributed by atoms with Crippen molar-refractivity contribution in [3.05, 3.63) is 41.8 Å². The number of nitrogens with one attached hydrogen (secondary N) is 1. The Hall–Kier alpha value is -1.91. The minimum atomic E-state index is -0.506. The lowest BCUT2D eigenvalue weighted by Crippen LogP contribution is -1.98. The molecule has 0 aromatic carbocycles. The Kier molecular flexibility index (Phi) is 2.62. The molecule has 1 N–H and O–H groups in total. The van der Waals surface area contributed by atoms with Crippen LogP contribution in [0.3, 0.4) is 0 Å². The van der Waals surface area contributed by atoms with Crippen molar-refractivity contribution < 1.29 is 8.91 Å². The van der Waals surface area contributed by atoms with Crippen molar-refractivity contribution in [2.45, 2.75) is 13.5 Å². The van der Waals surface area contributed by atoms with Crippen molar-refractivity contribution in [1.82, 2.24) is 10.1 Å². The topological polar surface area (TPSA) is 51.0 Å². The summed E-state index contributed by atoms with van der Waals surface area (Å²) >= 11 is 0. The third-order valence-electron chi connectivity index (χ3n) is 1.87. The van der Waals surface area contributed by atoms with E-state index >= 15 is 0 Å². The number of rotatable bonds is 3. The summed E-state index contributed by atoms with van der Waals surface area (Å²) in [4.78, 5) is 3.46. The maximum absolute atomic E-state index is 12.7. The smallest absolute Gasteiger partial charge is 0.214 e. The maximum atomic E-state index is 12.7. The average Bonchev–Trinajstić information content (AvgIpc) is 2.62. The van der Waals surface area contributed by atoms with Gasteiger partial charge in [0.1, 0.15) is 0 Å². The zero-order valence-corrected chi connectivity index (χ0v) is 8.20. The Morgan fingerprint density at radius 1 is 1.47 bits per heavy atom. The van der Waals surface area contributed by atoms with Crippen molar-refractivity contribution in [2.75, 3.05) is 5.32 Å². The van der Waals surface area contributed by atoms with E-state index in [0.29, 0.717) is 18.0 Å². The molecule has 2 heterocycles. The van der Waals surface area contributed by atoms with Gasteiger partial charge in [-0.2, -0.15) is 4.39 Å². The number of aromatic nitrogens is 2. The predicted octanol–water partition coefficient (Wildman–Crippen LogP) is 2.13. The Balaban J connectivity index is 1.99. The van der Waals surface area contributed by atoms with E-state index in [1.54, 1.807) is 6.07 Å². The van der Waals surface area contributed by atoms with Crippen LogP contribution in [0.4, 0.5) is 10.1 Å². The monoisotopic (exact) mass is 207 g/mol. The second-order valence-electron chi connectivity index (χ2n) is 3.16.